The maximum Gasteiger partial charge on any atom is 0.251 e. The molecule has 1 amide bonds. The first kappa shape index (κ1) is 22.3. The van der Waals surface area contributed by atoms with Gasteiger partial charge in [-0.05, 0) is 68.1 Å². The number of sulfonamides is 1. The van der Waals surface area contributed by atoms with Crippen LogP contribution in [0.2, 0.25) is 0 Å². The molecule has 162 valence electrons. The van der Waals surface area contributed by atoms with Gasteiger partial charge in [0.25, 0.3) is 5.91 Å². The number of piperidine rings is 1. The molecule has 0 radical (unpaired) electrons. The van der Waals surface area contributed by atoms with Gasteiger partial charge in [0.2, 0.25) is 10.0 Å². The molecule has 2 aromatic carbocycles. The van der Waals surface area contributed by atoms with Gasteiger partial charge in [0.15, 0.2) is 0 Å². The van der Waals surface area contributed by atoms with E-state index in [2.05, 4.69) is 5.32 Å². The molecule has 1 saturated heterocycles. The first-order chi connectivity index (χ1) is 14.4. The van der Waals surface area contributed by atoms with E-state index in [9.17, 15) is 13.2 Å². The Labute approximate surface area is 179 Å². The third-order valence-electron chi connectivity index (χ3n) is 5.70. The molecule has 2 atom stereocenters. The van der Waals surface area contributed by atoms with Crippen molar-refractivity contribution in [1.82, 2.24) is 9.62 Å². The molecule has 3 rings (SSSR count). The zero-order chi connectivity index (χ0) is 21.7. The summed E-state index contributed by atoms with van der Waals surface area (Å²) in [6.45, 7) is 4.50. The number of methoxy groups -OCH3 is 1. The van der Waals surface area contributed by atoms with Crippen molar-refractivity contribution in [2.75, 3.05) is 13.7 Å². The molecule has 6 nitrogen and oxygen atoms in total. The van der Waals surface area contributed by atoms with Crippen LogP contribution < -0.4 is 10.1 Å². The molecule has 0 spiro atoms. The summed E-state index contributed by atoms with van der Waals surface area (Å²) in [5.74, 6) is 0.535. The van der Waals surface area contributed by atoms with E-state index in [1.54, 1.807) is 23.5 Å². The Balaban J connectivity index is 1.72. The normalized spacial score (nSPS) is 18.6. The van der Waals surface area contributed by atoms with Crippen molar-refractivity contribution >= 4 is 15.9 Å². The second-order valence-electron chi connectivity index (χ2n) is 7.69. The van der Waals surface area contributed by atoms with Gasteiger partial charge < -0.3 is 10.1 Å². The fraction of sp³-hybridized carbons (Fsp3) is 0.435. The van der Waals surface area contributed by atoms with E-state index in [0.717, 1.165) is 37.0 Å². The first-order valence-electron chi connectivity index (χ1n) is 10.4. The first-order valence-corrected chi connectivity index (χ1v) is 11.9. The molecule has 1 fully saturated rings. The number of ether oxygens (including phenoxy) is 1. The molecule has 7 heteroatoms. The second-order valence-corrected chi connectivity index (χ2v) is 9.58. The Hall–Kier alpha value is -2.38. The molecule has 0 unspecified atom stereocenters. The number of amides is 1. The Bertz CT molecular complexity index is 956. The summed E-state index contributed by atoms with van der Waals surface area (Å²) in [5, 5.41) is 3.03. The predicted octanol–water partition coefficient (Wildman–Crippen LogP) is 4.14. The third kappa shape index (κ3) is 4.84. The Kier molecular flexibility index (Phi) is 7.15. The van der Waals surface area contributed by atoms with Crippen molar-refractivity contribution in [2.24, 2.45) is 0 Å². The van der Waals surface area contributed by atoms with Gasteiger partial charge in [0.05, 0.1) is 18.0 Å². The minimum Gasteiger partial charge on any atom is -0.497 e. The smallest absolute Gasteiger partial charge is 0.251 e. The van der Waals surface area contributed by atoms with Crippen LogP contribution in [0.4, 0.5) is 0 Å². The molecule has 0 bridgehead atoms. The maximum absolute atomic E-state index is 13.0. The van der Waals surface area contributed by atoms with Gasteiger partial charge in [0, 0.05) is 18.2 Å². The zero-order valence-electron chi connectivity index (χ0n) is 17.8. The van der Waals surface area contributed by atoms with Crippen LogP contribution in [0.25, 0.3) is 0 Å². The highest BCUT2D eigenvalue weighted by Gasteiger charge is 2.31. The quantitative estimate of drug-likeness (QED) is 0.716. The van der Waals surface area contributed by atoms with Crippen LogP contribution in [0.5, 0.6) is 5.75 Å². The van der Waals surface area contributed by atoms with Gasteiger partial charge in [-0.1, -0.05) is 25.5 Å². The summed E-state index contributed by atoms with van der Waals surface area (Å²) in [5.41, 5.74) is 1.43. The number of carbonyl (C=O) groups excluding carboxylic acids is 1. The summed E-state index contributed by atoms with van der Waals surface area (Å²) in [6, 6.07) is 13.7. The molecular formula is C23H30N2O4S. The van der Waals surface area contributed by atoms with Crippen LogP contribution in [-0.2, 0) is 10.0 Å². The van der Waals surface area contributed by atoms with E-state index in [4.69, 9.17) is 4.74 Å². The zero-order valence-corrected chi connectivity index (χ0v) is 18.6. The molecule has 1 N–H and O–H groups in total. The van der Waals surface area contributed by atoms with Crippen LogP contribution in [0.1, 0.15) is 61.5 Å². The Morgan fingerprint density at radius 2 is 1.80 bits per heavy atom. The number of hydrogen-bond acceptors (Lipinski definition) is 4. The summed E-state index contributed by atoms with van der Waals surface area (Å²) in [6.07, 6.45) is 3.55. The van der Waals surface area contributed by atoms with Crippen LogP contribution in [0.3, 0.4) is 0 Å². The van der Waals surface area contributed by atoms with E-state index in [1.165, 1.54) is 12.1 Å². The van der Waals surface area contributed by atoms with Crippen molar-refractivity contribution in [3.8, 4) is 5.75 Å². The van der Waals surface area contributed by atoms with Crippen LogP contribution in [-0.4, -0.2) is 38.3 Å². The van der Waals surface area contributed by atoms with Gasteiger partial charge >= 0.3 is 0 Å². The number of nitrogens with one attached hydrogen (secondary N) is 1. The highest BCUT2D eigenvalue weighted by Crippen LogP contribution is 2.26. The Morgan fingerprint density at radius 1 is 1.13 bits per heavy atom. The summed E-state index contributed by atoms with van der Waals surface area (Å²) >= 11 is 0. The van der Waals surface area contributed by atoms with Crippen molar-refractivity contribution < 1.29 is 17.9 Å². The van der Waals surface area contributed by atoms with E-state index < -0.39 is 10.0 Å². The lowest BCUT2D eigenvalue weighted by Gasteiger charge is -2.32. The molecule has 1 aliphatic rings. The number of carbonyl (C=O) groups is 1. The van der Waals surface area contributed by atoms with Crippen LogP contribution >= 0.6 is 0 Å². The standard InChI is InChI=1S/C23H30N2O4S/c1-4-22(18-8-12-20(29-3)13-9-18)24-23(26)19-10-14-21(15-11-19)30(27,28)25-16-6-5-7-17(25)2/h8-15,17,22H,4-7,16H2,1-3H3,(H,24,26)/t17-,22+/m0/s1. The average Bonchev–Trinajstić information content (AvgIpc) is 2.77. The monoisotopic (exact) mass is 430 g/mol. The van der Waals surface area contributed by atoms with Crippen LogP contribution in [0, 0.1) is 0 Å². The number of nitrogens with zero attached hydrogens (tertiary/aromatic N) is 1. The summed E-state index contributed by atoms with van der Waals surface area (Å²) in [7, 11) is -1.93. The summed E-state index contributed by atoms with van der Waals surface area (Å²) < 4.78 is 32.7. The van der Waals surface area contributed by atoms with E-state index in [-0.39, 0.29) is 22.9 Å². The van der Waals surface area contributed by atoms with Crippen LogP contribution in [0.15, 0.2) is 53.4 Å². The largest absolute Gasteiger partial charge is 0.497 e. The van der Waals surface area contributed by atoms with Gasteiger partial charge in [-0.15, -0.1) is 0 Å². The van der Waals surface area contributed by atoms with E-state index in [0.29, 0.717) is 12.1 Å². The highest BCUT2D eigenvalue weighted by molar-refractivity contribution is 7.89. The minimum absolute atomic E-state index is 0.00142. The lowest BCUT2D eigenvalue weighted by atomic mass is 10.0. The average molecular weight is 431 g/mol. The molecule has 2 aromatic rings. The van der Waals surface area contributed by atoms with Crippen molar-refractivity contribution in [3.63, 3.8) is 0 Å². The van der Waals surface area contributed by atoms with Crippen molar-refractivity contribution in [2.45, 2.75) is 56.5 Å². The van der Waals surface area contributed by atoms with Gasteiger partial charge in [0.1, 0.15) is 5.75 Å². The van der Waals surface area contributed by atoms with E-state index >= 15 is 0 Å². The third-order valence-corrected chi connectivity index (χ3v) is 7.72. The van der Waals surface area contributed by atoms with Gasteiger partial charge in [-0.3, -0.25) is 4.79 Å². The molecule has 0 saturated carbocycles. The second kappa shape index (κ2) is 9.62. The summed E-state index contributed by atoms with van der Waals surface area (Å²) in [4.78, 5) is 13.0. The number of benzene rings is 2. The fourth-order valence-electron chi connectivity index (χ4n) is 3.84. The van der Waals surface area contributed by atoms with Gasteiger partial charge in [-0.2, -0.15) is 4.31 Å². The van der Waals surface area contributed by atoms with E-state index in [1.807, 2.05) is 38.1 Å². The van der Waals surface area contributed by atoms with Crippen molar-refractivity contribution in [3.05, 3.63) is 59.7 Å². The minimum atomic E-state index is -3.54. The fourth-order valence-corrected chi connectivity index (χ4v) is 5.54. The topological polar surface area (TPSA) is 75.7 Å². The number of rotatable bonds is 7. The molecule has 0 aliphatic carbocycles. The molecular weight excluding hydrogens is 400 g/mol. The molecule has 30 heavy (non-hydrogen) atoms. The molecule has 1 aliphatic heterocycles. The van der Waals surface area contributed by atoms with Crippen molar-refractivity contribution in [1.29, 1.82) is 0 Å². The predicted molar refractivity (Wildman–Crippen MR) is 117 cm³/mol. The molecule has 0 aromatic heterocycles. The number of hydrogen-bond donors (Lipinski definition) is 1. The highest BCUT2D eigenvalue weighted by atomic mass is 32.2. The maximum atomic E-state index is 13.0. The molecule has 1 heterocycles. The lowest BCUT2D eigenvalue weighted by Crippen LogP contribution is -2.41. The Morgan fingerprint density at radius 3 is 2.37 bits per heavy atom. The van der Waals surface area contributed by atoms with Gasteiger partial charge in [-0.25, -0.2) is 8.42 Å². The SMILES string of the molecule is CC[C@@H](NC(=O)c1ccc(S(=O)(=O)N2CCCC[C@@H]2C)cc1)c1ccc(OC)cc1. The lowest BCUT2D eigenvalue weighted by molar-refractivity contribution is 0.0935.